The van der Waals surface area contributed by atoms with E-state index in [4.69, 9.17) is 5.84 Å². The van der Waals surface area contributed by atoms with Crippen LogP contribution in [0.15, 0.2) is 18.2 Å². The van der Waals surface area contributed by atoms with E-state index < -0.39 is 37.4 Å². The van der Waals surface area contributed by atoms with Crippen molar-refractivity contribution in [2.75, 3.05) is 13.2 Å². The summed E-state index contributed by atoms with van der Waals surface area (Å²) in [5.74, 6) is 0.361. The number of benzene rings is 1. The molecule has 1 atom stereocenters. The molecule has 8 heteroatoms. The molecule has 3 N–H and O–H groups in total. The van der Waals surface area contributed by atoms with Crippen LogP contribution in [0.5, 0.6) is 0 Å². The molecular weight excluding hydrogens is 283 g/mol. The zero-order chi connectivity index (χ0) is 15.3. The highest BCUT2D eigenvalue weighted by Gasteiger charge is 2.41. The Balaban J connectivity index is 2.67. The van der Waals surface area contributed by atoms with E-state index in [9.17, 15) is 22.0 Å². The number of hydrogen-bond acceptors (Lipinski definition) is 3. The Bertz CT molecular complexity index is 442. The summed E-state index contributed by atoms with van der Waals surface area (Å²) in [4.78, 5) is 0. The van der Waals surface area contributed by atoms with Gasteiger partial charge in [-0.3, -0.25) is 11.3 Å². The van der Waals surface area contributed by atoms with Gasteiger partial charge in [-0.1, -0.05) is 17.7 Å². The topological polar surface area (TPSA) is 47.3 Å². The lowest BCUT2D eigenvalue weighted by Crippen LogP contribution is -2.36. The Hall–Kier alpha value is -1.25. The van der Waals surface area contributed by atoms with Gasteiger partial charge in [-0.2, -0.15) is 8.78 Å². The predicted molar refractivity (Wildman–Crippen MR) is 63.0 cm³/mol. The first kappa shape index (κ1) is 16.8. The van der Waals surface area contributed by atoms with Gasteiger partial charge in [-0.25, -0.2) is 13.2 Å². The molecule has 0 amide bonds. The Labute approximate surface area is 112 Å². The maximum absolute atomic E-state index is 13.6. The second-order valence-electron chi connectivity index (χ2n) is 4.32. The number of nitrogens with two attached hydrogens (primary N) is 1. The van der Waals surface area contributed by atoms with Crippen molar-refractivity contribution in [3.05, 3.63) is 35.1 Å². The van der Waals surface area contributed by atoms with Crippen molar-refractivity contribution in [1.29, 1.82) is 0 Å². The molecule has 0 radical (unpaired) electrons. The summed E-state index contributed by atoms with van der Waals surface area (Å²) in [7, 11) is 0. The summed E-state index contributed by atoms with van der Waals surface area (Å²) in [6.07, 6.45) is -3.82. The monoisotopic (exact) mass is 298 g/mol. The van der Waals surface area contributed by atoms with Gasteiger partial charge >= 0.3 is 12.3 Å². The fraction of sp³-hybridized carbons (Fsp3) is 0.500. The summed E-state index contributed by atoms with van der Waals surface area (Å²) in [5.41, 5.74) is 3.06. The number of alkyl halides is 4. The summed E-state index contributed by atoms with van der Waals surface area (Å²) in [6.45, 7) is -0.211. The molecule has 0 fully saturated rings. The summed E-state index contributed by atoms with van der Waals surface area (Å²) >= 11 is 0. The highest BCUT2D eigenvalue weighted by Crippen LogP contribution is 2.24. The summed E-state index contributed by atoms with van der Waals surface area (Å²) < 4.78 is 67.2. The van der Waals surface area contributed by atoms with Gasteiger partial charge in [-0.15, -0.1) is 0 Å². The van der Waals surface area contributed by atoms with Crippen molar-refractivity contribution >= 4 is 0 Å². The molecule has 0 heterocycles. The lowest BCUT2D eigenvalue weighted by atomic mass is 10.0. The van der Waals surface area contributed by atoms with Gasteiger partial charge in [0, 0.05) is 5.56 Å². The molecule has 0 bridgehead atoms. The predicted octanol–water partition coefficient (Wildman–Crippen LogP) is 2.56. The van der Waals surface area contributed by atoms with E-state index in [1.165, 1.54) is 18.2 Å². The maximum Gasteiger partial charge on any atom is 0.330 e. The minimum Gasteiger partial charge on any atom is -0.373 e. The third kappa shape index (κ3) is 4.39. The molecular formula is C12H15F5N2O. The number of aryl methyl sites for hydroxylation is 1. The average Bonchev–Trinajstić information content (AvgIpc) is 2.37. The van der Waals surface area contributed by atoms with Crippen LogP contribution in [0.3, 0.4) is 0 Å². The second-order valence-corrected chi connectivity index (χ2v) is 4.32. The molecule has 0 spiro atoms. The maximum atomic E-state index is 13.6. The summed E-state index contributed by atoms with van der Waals surface area (Å²) in [5, 5.41) is 0. The number of nitrogens with one attached hydrogen (secondary N) is 1. The number of rotatable bonds is 7. The molecule has 0 saturated heterocycles. The fourth-order valence-electron chi connectivity index (χ4n) is 1.53. The number of ether oxygens (including phenoxy) is 1. The number of halogens is 5. The van der Waals surface area contributed by atoms with E-state index in [1.807, 2.05) is 0 Å². The van der Waals surface area contributed by atoms with Gasteiger partial charge in [0.2, 0.25) is 0 Å². The van der Waals surface area contributed by atoms with Crippen molar-refractivity contribution in [3.63, 3.8) is 0 Å². The van der Waals surface area contributed by atoms with Gasteiger partial charge < -0.3 is 4.74 Å². The van der Waals surface area contributed by atoms with Crippen molar-refractivity contribution in [1.82, 2.24) is 5.43 Å². The van der Waals surface area contributed by atoms with Crippen LogP contribution in [0, 0.1) is 12.7 Å². The molecule has 0 aliphatic heterocycles. The fourth-order valence-corrected chi connectivity index (χ4v) is 1.53. The normalized spacial score (nSPS) is 13.8. The number of hydrazine groups is 1. The largest absolute Gasteiger partial charge is 0.373 e. The van der Waals surface area contributed by atoms with E-state index in [-0.39, 0.29) is 5.56 Å². The molecule has 114 valence electrons. The van der Waals surface area contributed by atoms with Crippen LogP contribution >= 0.6 is 0 Å². The molecule has 1 aromatic rings. The minimum absolute atomic E-state index is 0.118. The third-order valence-corrected chi connectivity index (χ3v) is 2.63. The lowest BCUT2D eigenvalue weighted by Gasteiger charge is -2.20. The van der Waals surface area contributed by atoms with Crippen molar-refractivity contribution < 1.29 is 26.7 Å². The Morgan fingerprint density at radius 1 is 1.35 bits per heavy atom. The second kappa shape index (κ2) is 6.96. The minimum atomic E-state index is -4.25. The molecule has 1 unspecified atom stereocenters. The molecule has 0 aromatic heterocycles. The van der Waals surface area contributed by atoms with Gasteiger partial charge in [-0.05, 0) is 13.0 Å². The zero-order valence-corrected chi connectivity index (χ0v) is 10.7. The molecule has 3 nitrogen and oxygen atoms in total. The van der Waals surface area contributed by atoms with Crippen LogP contribution in [-0.4, -0.2) is 25.6 Å². The van der Waals surface area contributed by atoms with Gasteiger partial charge in [0.15, 0.2) is 0 Å². The van der Waals surface area contributed by atoms with Gasteiger partial charge in [0.1, 0.15) is 12.4 Å². The van der Waals surface area contributed by atoms with Crippen LogP contribution in [0.4, 0.5) is 22.0 Å². The SMILES string of the molecule is Cc1ccc(F)c(C(COCC(F)(F)C(F)F)NN)c1. The van der Waals surface area contributed by atoms with Gasteiger partial charge in [0.25, 0.3) is 0 Å². The van der Waals surface area contributed by atoms with Crippen LogP contribution in [-0.2, 0) is 4.74 Å². The highest BCUT2D eigenvalue weighted by atomic mass is 19.3. The Morgan fingerprint density at radius 3 is 2.55 bits per heavy atom. The van der Waals surface area contributed by atoms with Crippen LogP contribution in [0.2, 0.25) is 0 Å². The van der Waals surface area contributed by atoms with E-state index in [2.05, 4.69) is 10.2 Å². The van der Waals surface area contributed by atoms with Crippen LogP contribution < -0.4 is 11.3 Å². The quantitative estimate of drug-likeness (QED) is 0.462. The smallest absolute Gasteiger partial charge is 0.330 e. The highest BCUT2D eigenvalue weighted by molar-refractivity contribution is 5.26. The summed E-state index contributed by atoms with van der Waals surface area (Å²) in [6, 6.07) is 3.28. The van der Waals surface area contributed by atoms with E-state index >= 15 is 0 Å². The van der Waals surface area contributed by atoms with Gasteiger partial charge in [0.05, 0.1) is 12.6 Å². The molecule has 1 rings (SSSR count). The molecule has 0 aliphatic rings. The van der Waals surface area contributed by atoms with E-state index in [0.717, 1.165) is 5.56 Å². The molecule has 20 heavy (non-hydrogen) atoms. The van der Waals surface area contributed by atoms with E-state index in [1.54, 1.807) is 6.92 Å². The number of hydrogen-bond donors (Lipinski definition) is 2. The van der Waals surface area contributed by atoms with Crippen molar-refractivity contribution in [2.45, 2.75) is 25.3 Å². The lowest BCUT2D eigenvalue weighted by molar-refractivity contribution is -0.167. The Kier molecular flexibility index (Phi) is 5.85. The zero-order valence-electron chi connectivity index (χ0n) is 10.7. The average molecular weight is 298 g/mol. The third-order valence-electron chi connectivity index (χ3n) is 2.63. The molecule has 0 saturated carbocycles. The van der Waals surface area contributed by atoms with Crippen LogP contribution in [0.1, 0.15) is 17.2 Å². The first-order valence-electron chi connectivity index (χ1n) is 5.74. The first-order chi connectivity index (χ1) is 9.27. The van der Waals surface area contributed by atoms with Crippen molar-refractivity contribution in [3.8, 4) is 0 Å². The van der Waals surface area contributed by atoms with Crippen molar-refractivity contribution in [2.24, 2.45) is 5.84 Å². The van der Waals surface area contributed by atoms with Crippen LogP contribution in [0.25, 0.3) is 0 Å². The standard InChI is InChI=1S/C12H15F5N2O/c1-7-2-3-9(13)8(4-7)10(19-18)5-20-6-12(16,17)11(14)15/h2-4,10-11,19H,5-6,18H2,1H3. The van der Waals surface area contributed by atoms with E-state index in [0.29, 0.717) is 0 Å². The Morgan fingerprint density at radius 2 is 2.00 bits per heavy atom. The molecule has 0 aliphatic carbocycles. The molecule has 1 aromatic carbocycles. The first-order valence-corrected chi connectivity index (χ1v) is 5.74.